The molecule has 0 saturated heterocycles. The molecule has 0 heterocycles. The highest BCUT2D eigenvalue weighted by molar-refractivity contribution is 5.91. The lowest BCUT2D eigenvalue weighted by molar-refractivity contribution is -0.121. The molecule has 1 amide bonds. The van der Waals surface area contributed by atoms with E-state index >= 15 is 0 Å². The van der Waals surface area contributed by atoms with Gasteiger partial charge in [-0.05, 0) is 36.5 Å². The van der Waals surface area contributed by atoms with Crippen molar-refractivity contribution in [2.75, 3.05) is 6.61 Å². The average molecular weight is 261 g/mol. The van der Waals surface area contributed by atoms with E-state index in [0.717, 1.165) is 0 Å². The highest BCUT2D eigenvalue weighted by Gasteiger charge is 2.16. The fourth-order valence-corrected chi connectivity index (χ4v) is 2.55. The van der Waals surface area contributed by atoms with Crippen LogP contribution in [0.4, 0.5) is 0 Å². The monoisotopic (exact) mass is 261 g/mol. The van der Waals surface area contributed by atoms with Gasteiger partial charge in [-0.15, -0.1) is 0 Å². The Bertz CT molecular complexity index is 447. The molecule has 0 aromatic heterocycles. The number of primary amides is 1. The van der Waals surface area contributed by atoms with E-state index in [1.54, 1.807) is 12.1 Å². The highest BCUT2D eigenvalue weighted by atomic mass is 16.5. The molecule has 1 aliphatic rings. The topological polar surface area (TPSA) is 69.4 Å². The van der Waals surface area contributed by atoms with Gasteiger partial charge >= 0.3 is 5.97 Å². The Labute approximate surface area is 112 Å². The van der Waals surface area contributed by atoms with Gasteiger partial charge in [-0.2, -0.15) is 0 Å². The van der Waals surface area contributed by atoms with Gasteiger partial charge in [0, 0.05) is 0 Å². The first-order chi connectivity index (χ1) is 9.16. The number of benzene rings is 1. The largest absolute Gasteiger partial charge is 0.452 e. The number of carbonyl (C=O) groups is 2. The summed E-state index contributed by atoms with van der Waals surface area (Å²) >= 11 is 0. The number of hydrogen-bond donors (Lipinski definition) is 1. The van der Waals surface area contributed by atoms with Crippen molar-refractivity contribution >= 4 is 11.9 Å². The van der Waals surface area contributed by atoms with Crippen LogP contribution in [0.5, 0.6) is 0 Å². The van der Waals surface area contributed by atoms with Crippen LogP contribution >= 0.6 is 0 Å². The van der Waals surface area contributed by atoms with Gasteiger partial charge in [0.15, 0.2) is 6.61 Å². The molecule has 1 aromatic carbocycles. The second kappa shape index (κ2) is 6.36. The lowest BCUT2D eigenvalue weighted by Gasteiger charge is -2.21. The molecule has 0 bridgehead atoms. The maximum absolute atomic E-state index is 11.6. The Morgan fingerprint density at radius 1 is 1.11 bits per heavy atom. The molecule has 0 atom stereocenters. The molecule has 1 aliphatic carbocycles. The summed E-state index contributed by atoms with van der Waals surface area (Å²) in [5.41, 5.74) is 6.67. The molecule has 0 unspecified atom stereocenters. The van der Waals surface area contributed by atoms with Crippen molar-refractivity contribution in [1.29, 1.82) is 0 Å². The van der Waals surface area contributed by atoms with E-state index in [-0.39, 0.29) is 6.61 Å². The minimum Gasteiger partial charge on any atom is -0.452 e. The van der Waals surface area contributed by atoms with Crippen molar-refractivity contribution in [3.8, 4) is 0 Å². The first kappa shape index (κ1) is 13.6. The number of ether oxygens (including phenoxy) is 1. The number of amides is 1. The summed E-state index contributed by atoms with van der Waals surface area (Å²) in [6, 6.07) is 7.48. The molecule has 2 N–H and O–H groups in total. The van der Waals surface area contributed by atoms with E-state index in [1.165, 1.54) is 37.7 Å². The number of esters is 1. The SMILES string of the molecule is NC(=O)COC(=O)c1ccc(C2CCCCC2)cc1. The van der Waals surface area contributed by atoms with E-state index in [0.29, 0.717) is 11.5 Å². The minimum absolute atomic E-state index is 0.372. The standard InChI is InChI=1S/C15H19NO3/c16-14(17)10-19-15(18)13-8-6-12(7-9-13)11-4-2-1-3-5-11/h6-9,11H,1-5,10H2,(H2,16,17). The molecule has 102 valence electrons. The Kier molecular flexibility index (Phi) is 4.55. The van der Waals surface area contributed by atoms with Crippen molar-refractivity contribution in [3.05, 3.63) is 35.4 Å². The average Bonchev–Trinajstić information content (AvgIpc) is 2.46. The molecular formula is C15H19NO3. The van der Waals surface area contributed by atoms with E-state index in [4.69, 9.17) is 10.5 Å². The highest BCUT2D eigenvalue weighted by Crippen LogP contribution is 2.32. The summed E-state index contributed by atoms with van der Waals surface area (Å²) in [5, 5.41) is 0. The molecule has 0 radical (unpaired) electrons. The number of nitrogens with two attached hydrogens (primary N) is 1. The molecule has 19 heavy (non-hydrogen) atoms. The molecule has 0 spiro atoms. The zero-order chi connectivity index (χ0) is 13.7. The first-order valence-corrected chi connectivity index (χ1v) is 6.72. The zero-order valence-corrected chi connectivity index (χ0v) is 10.9. The van der Waals surface area contributed by atoms with Crippen molar-refractivity contribution in [2.45, 2.75) is 38.0 Å². The molecule has 1 saturated carbocycles. The van der Waals surface area contributed by atoms with Crippen molar-refractivity contribution in [1.82, 2.24) is 0 Å². The van der Waals surface area contributed by atoms with Crippen LogP contribution in [0.15, 0.2) is 24.3 Å². The smallest absolute Gasteiger partial charge is 0.338 e. The zero-order valence-electron chi connectivity index (χ0n) is 10.9. The Balaban J connectivity index is 1.97. The van der Waals surface area contributed by atoms with Crippen LogP contribution in [0.3, 0.4) is 0 Å². The third-order valence-electron chi connectivity index (χ3n) is 3.57. The minimum atomic E-state index is -0.646. The van der Waals surface area contributed by atoms with Crippen LogP contribution in [0.1, 0.15) is 53.9 Å². The van der Waals surface area contributed by atoms with Crippen molar-refractivity contribution in [2.24, 2.45) is 5.73 Å². The van der Waals surface area contributed by atoms with Gasteiger partial charge in [-0.25, -0.2) is 4.79 Å². The number of rotatable bonds is 4. The van der Waals surface area contributed by atoms with Crippen LogP contribution in [0.2, 0.25) is 0 Å². The maximum Gasteiger partial charge on any atom is 0.338 e. The van der Waals surface area contributed by atoms with Gasteiger partial charge in [-0.3, -0.25) is 4.79 Å². The van der Waals surface area contributed by atoms with Crippen LogP contribution in [0, 0.1) is 0 Å². The predicted octanol–water partition coefficient (Wildman–Crippen LogP) is 2.38. The van der Waals surface area contributed by atoms with E-state index < -0.39 is 11.9 Å². The van der Waals surface area contributed by atoms with Crippen LogP contribution in [0.25, 0.3) is 0 Å². The quantitative estimate of drug-likeness (QED) is 0.846. The Morgan fingerprint density at radius 3 is 2.32 bits per heavy atom. The van der Waals surface area contributed by atoms with Crippen LogP contribution in [-0.2, 0) is 9.53 Å². The summed E-state index contributed by atoms with van der Waals surface area (Å²) in [5.74, 6) is -0.536. The van der Waals surface area contributed by atoms with Crippen molar-refractivity contribution in [3.63, 3.8) is 0 Å². The summed E-state index contributed by atoms with van der Waals surface area (Å²) in [6.07, 6.45) is 6.35. The van der Waals surface area contributed by atoms with Crippen molar-refractivity contribution < 1.29 is 14.3 Å². The Morgan fingerprint density at radius 2 is 1.74 bits per heavy atom. The molecule has 4 heteroatoms. The normalized spacial score (nSPS) is 16.0. The van der Waals surface area contributed by atoms with Gasteiger partial charge in [-0.1, -0.05) is 31.4 Å². The second-order valence-corrected chi connectivity index (χ2v) is 5.00. The third kappa shape index (κ3) is 3.81. The number of hydrogen-bond acceptors (Lipinski definition) is 3. The van der Waals surface area contributed by atoms with Gasteiger partial charge in [0.25, 0.3) is 5.91 Å². The molecule has 1 aromatic rings. The summed E-state index contributed by atoms with van der Waals surface area (Å²) < 4.78 is 4.76. The fourth-order valence-electron chi connectivity index (χ4n) is 2.55. The maximum atomic E-state index is 11.6. The lowest BCUT2D eigenvalue weighted by atomic mass is 9.84. The van der Waals surface area contributed by atoms with E-state index in [9.17, 15) is 9.59 Å². The van der Waals surface area contributed by atoms with Gasteiger partial charge in [0.2, 0.25) is 0 Å². The van der Waals surface area contributed by atoms with E-state index in [1.807, 2.05) is 12.1 Å². The van der Waals surface area contributed by atoms with Crippen LogP contribution < -0.4 is 5.73 Å². The number of carbonyl (C=O) groups excluding carboxylic acids is 2. The predicted molar refractivity (Wildman–Crippen MR) is 71.7 cm³/mol. The Hall–Kier alpha value is -1.84. The van der Waals surface area contributed by atoms with Crippen LogP contribution in [-0.4, -0.2) is 18.5 Å². The second-order valence-electron chi connectivity index (χ2n) is 5.00. The van der Waals surface area contributed by atoms with Gasteiger partial charge in [0.05, 0.1) is 5.56 Å². The lowest BCUT2D eigenvalue weighted by Crippen LogP contribution is -2.20. The molecular weight excluding hydrogens is 242 g/mol. The third-order valence-corrected chi connectivity index (χ3v) is 3.57. The summed E-state index contributed by atoms with van der Waals surface area (Å²) in [6.45, 7) is -0.372. The molecule has 2 rings (SSSR count). The van der Waals surface area contributed by atoms with E-state index in [2.05, 4.69) is 0 Å². The first-order valence-electron chi connectivity index (χ1n) is 6.72. The molecule has 4 nitrogen and oxygen atoms in total. The van der Waals surface area contributed by atoms with Gasteiger partial charge in [0.1, 0.15) is 0 Å². The summed E-state index contributed by atoms with van der Waals surface area (Å²) in [7, 11) is 0. The summed E-state index contributed by atoms with van der Waals surface area (Å²) in [4.78, 5) is 22.1. The van der Waals surface area contributed by atoms with Gasteiger partial charge < -0.3 is 10.5 Å². The molecule has 0 aliphatic heterocycles. The fraction of sp³-hybridized carbons (Fsp3) is 0.467. The molecule has 1 fully saturated rings.